The zero-order valence-electron chi connectivity index (χ0n) is 18.5. The second kappa shape index (κ2) is 10.2. The highest BCUT2D eigenvalue weighted by molar-refractivity contribution is 5.90. The van der Waals surface area contributed by atoms with E-state index in [1.807, 2.05) is 24.3 Å². The SMILES string of the molecule is CC(C)(C)c1ccc(OCC(=O)N/N=C/c2cc([N+](=O)[O-])ccc2N2CCOCC2)cc1. The highest BCUT2D eigenvalue weighted by Crippen LogP contribution is 2.25. The molecule has 9 heteroatoms. The van der Waals surface area contributed by atoms with Gasteiger partial charge in [-0.15, -0.1) is 0 Å². The van der Waals surface area contributed by atoms with Gasteiger partial charge in [-0.25, -0.2) is 5.43 Å². The zero-order chi connectivity index (χ0) is 23.1. The van der Waals surface area contributed by atoms with Gasteiger partial charge in [0.2, 0.25) is 0 Å². The molecule has 0 bridgehead atoms. The van der Waals surface area contributed by atoms with Crippen molar-refractivity contribution in [2.24, 2.45) is 5.10 Å². The molecule has 170 valence electrons. The van der Waals surface area contributed by atoms with Crippen molar-refractivity contribution in [1.29, 1.82) is 0 Å². The number of amides is 1. The Kier molecular flexibility index (Phi) is 7.42. The van der Waals surface area contributed by atoms with Crippen LogP contribution in [-0.2, 0) is 14.9 Å². The molecule has 0 aliphatic carbocycles. The van der Waals surface area contributed by atoms with Crippen molar-refractivity contribution in [1.82, 2.24) is 5.43 Å². The number of nitro benzene ring substituents is 1. The number of hydrogen-bond donors (Lipinski definition) is 1. The lowest BCUT2D eigenvalue weighted by atomic mass is 9.87. The lowest BCUT2D eigenvalue weighted by Gasteiger charge is -2.29. The third kappa shape index (κ3) is 6.27. The van der Waals surface area contributed by atoms with Gasteiger partial charge in [-0.2, -0.15) is 5.10 Å². The second-order valence-corrected chi connectivity index (χ2v) is 8.46. The van der Waals surface area contributed by atoms with Gasteiger partial charge in [-0.3, -0.25) is 14.9 Å². The number of non-ortho nitro benzene ring substituents is 1. The summed E-state index contributed by atoms with van der Waals surface area (Å²) in [6.45, 7) is 8.69. The van der Waals surface area contributed by atoms with Gasteiger partial charge in [0.15, 0.2) is 6.61 Å². The number of carbonyl (C=O) groups is 1. The van der Waals surface area contributed by atoms with E-state index in [1.54, 1.807) is 6.07 Å². The molecule has 1 saturated heterocycles. The van der Waals surface area contributed by atoms with Gasteiger partial charge in [0, 0.05) is 36.5 Å². The molecule has 2 aromatic rings. The molecule has 1 N–H and O–H groups in total. The number of hydrogen-bond acceptors (Lipinski definition) is 7. The van der Waals surface area contributed by atoms with Crippen molar-refractivity contribution in [3.8, 4) is 5.75 Å². The first-order valence-electron chi connectivity index (χ1n) is 10.4. The Bertz CT molecular complexity index is 977. The number of anilines is 1. The van der Waals surface area contributed by atoms with Crippen molar-refractivity contribution in [2.45, 2.75) is 26.2 Å². The minimum Gasteiger partial charge on any atom is -0.484 e. The van der Waals surface area contributed by atoms with E-state index in [1.165, 1.54) is 23.9 Å². The Morgan fingerprint density at radius 2 is 1.91 bits per heavy atom. The van der Waals surface area contributed by atoms with Crippen LogP contribution in [0.3, 0.4) is 0 Å². The van der Waals surface area contributed by atoms with E-state index in [0.29, 0.717) is 37.6 Å². The minimum absolute atomic E-state index is 0.0389. The highest BCUT2D eigenvalue weighted by atomic mass is 16.6. The fourth-order valence-corrected chi connectivity index (χ4v) is 3.26. The van der Waals surface area contributed by atoms with Gasteiger partial charge >= 0.3 is 0 Å². The van der Waals surface area contributed by atoms with Crippen LogP contribution in [0.2, 0.25) is 0 Å². The van der Waals surface area contributed by atoms with E-state index in [0.717, 1.165) is 5.69 Å². The number of carbonyl (C=O) groups excluding carboxylic acids is 1. The topological polar surface area (TPSA) is 106 Å². The van der Waals surface area contributed by atoms with Crippen LogP contribution < -0.4 is 15.1 Å². The summed E-state index contributed by atoms with van der Waals surface area (Å²) < 4.78 is 10.9. The number of nitro groups is 1. The fourth-order valence-electron chi connectivity index (χ4n) is 3.26. The van der Waals surface area contributed by atoms with Crippen LogP contribution in [0, 0.1) is 10.1 Å². The molecule has 9 nitrogen and oxygen atoms in total. The van der Waals surface area contributed by atoms with Crippen LogP contribution in [0.15, 0.2) is 47.6 Å². The third-order valence-corrected chi connectivity index (χ3v) is 5.06. The molecule has 32 heavy (non-hydrogen) atoms. The molecule has 0 radical (unpaired) electrons. The Hall–Kier alpha value is -3.46. The molecule has 0 atom stereocenters. The molecule has 1 amide bonds. The monoisotopic (exact) mass is 440 g/mol. The Morgan fingerprint density at radius 3 is 2.53 bits per heavy atom. The molecule has 1 aliphatic heterocycles. The fraction of sp³-hybridized carbons (Fsp3) is 0.391. The lowest BCUT2D eigenvalue weighted by Crippen LogP contribution is -2.36. The Balaban J connectivity index is 1.61. The van der Waals surface area contributed by atoms with Gasteiger partial charge in [-0.1, -0.05) is 32.9 Å². The van der Waals surface area contributed by atoms with Gasteiger partial charge in [0.25, 0.3) is 11.6 Å². The molecule has 0 saturated carbocycles. The number of nitrogens with zero attached hydrogens (tertiary/aromatic N) is 3. The number of rotatable bonds is 7. The van der Waals surface area contributed by atoms with Crippen molar-refractivity contribution >= 4 is 23.5 Å². The molecule has 1 heterocycles. The first-order valence-corrected chi connectivity index (χ1v) is 10.4. The maximum atomic E-state index is 12.1. The molecule has 2 aromatic carbocycles. The first kappa shape index (κ1) is 23.2. The first-order chi connectivity index (χ1) is 15.2. The van der Waals surface area contributed by atoms with Crippen molar-refractivity contribution in [3.63, 3.8) is 0 Å². The average molecular weight is 441 g/mol. The van der Waals surface area contributed by atoms with Gasteiger partial charge in [0.1, 0.15) is 5.75 Å². The molecule has 0 aromatic heterocycles. The summed E-state index contributed by atoms with van der Waals surface area (Å²) >= 11 is 0. The van der Waals surface area contributed by atoms with Crippen molar-refractivity contribution in [3.05, 3.63) is 63.7 Å². The van der Waals surface area contributed by atoms with Gasteiger partial charge < -0.3 is 14.4 Å². The van der Waals surface area contributed by atoms with E-state index in [4.69, 9.17) is 9.47 Å². The summed E-state index contributed by atoms with van der Waals surface area (Å²) in [6, 6.07) is 12.2. The summed E-state index contributed by atoms with van der Waals surface area (Å²) in [5, 5.41) is 15.1. The van der Waals surface area contributed by atoms with Crippen LogP contribution in [-0.4, -0.2) is 50.0 Å². The largest absolute Gasteiger partial charge is 0.484 e. The average Bonchev–Trinajstić information content (AvgIpc) is 2.78. The molecule has 0 unspecified atom stereocenters. The highest BCUT2D eigenvalue weighted by Gasteiger charge is 2.17. The molecule has 1 aliphatic rings. The van der Waals surface area contributed by atoms with Crippen LogP contribution in [0.5, 0.6) is 5.75 Å². The summed E-state index contributed by atoms with van der Waals surface area (Å²) in [5.41, 5.74) is 4.92. The molecule has 1 fully saturated rings. The Morgan fingerprint density at radius 1 is 1.22 bits per heavy atom. The number of ether oxygens (including phenoxy) is 2. The van der Waals surface area contributed by atoms with Gasteiger partial charge in [0.05, 0.1) is 24.4 Å². The standard InChI is InChI=1S/C23H28N4O5/c1-23(2,3)18-4-7-20(8-5-18)32-16-22(28)25-24-15-17-14-19(27(29)30)6-9-21(17)26-10-12-31-13-11-26/h4-9,14-15H,10-13,16H2,1-3H3,(H,25,28)/b24-15+. The van der Waals surface area contributed by atoms with Crippen LogP contribution >= 0.6 is 0 Å². The van der Waals surface area contributed by atoms with E-state index in [-0.39, 0.29) is 17.7 Å². The number of benzene rings is 2. The van der Waals surface area contributed by atoms with Crippen molar-refractivity contribution < 1.29 is 19.2 Å². The molecule has 3 rings (SSSR count). The van der Waals surface area contributed by atoms with Gasteiger partial charge in [-0.05, 0) is 29.2 Å². The van der Waals surface area contributed by atoms with E-state index >= 15 is 0 Å². The minimum atomic E-state index is -0.461. The normalized spacial score (nSPS) is 14.4. The summed E-state index contributed by atoms with van der Waals surface area (Å²) in [4.78, 5) is 24.9. The second-order valence-electron chi connectivity index (χ2n) is 8.46. The quantitative estimate of drug-likeness (QED) is 0.402. The smallest absolute Gasteiger partial charge is 0.277 e. The van der Waals surface area contributed by atoms with Crippen LogP contribution in [0.1, 0.15) is 31.9 Å². The lowest BCUT2D eigenvalue weighted by molar-refractivity contribution is -0.384. The number of morpholine rings is 1. The predicted molar refractivity (Wildman–Crippen MR) is 123 cm³/mol. The summed E-state index contributed by atoms with van der Waals surface area (Å²) in [7, 11) is 0. The maximum absolute atomic E-state index is 12.1. The number of nitrogens with one attached hydrogen (secondary N) is 1. The van der Waals surface area contributed by atoms with Crippen LogP contribution in [0.25, 0.3) is 0 Å². The van der Waals surface area contributed by atoms with E-state index < -0.39 is 10.8 Å². The van der Waals surface area contributed by atoms with E-state index in [9.17, 15) is 14.9 Å². The summed E-state index contributed by atoms with van der Waals surface area (Å²) in [6.07, 6.45) is 1.41. The maximum Gasteiger partial charge on any atom is 0.277 e. The molecule has 0 spiro atoms. The Labute approximate surface area is 187 Å². The number of hydrazone groups is 1. The van der Waals surface area contributed by atoms with Crippen molar-refractivity contribution in [2.75, 3.05) is 37.8 Å². The zero-order valence-corrected chi connectivity index (χ0v) is 18.5. The predicted octanol–water partition coefficient (Wildman–Crippen LogP) is 3.26. The molecular weight excluding hydrogens is 412 g/mol. The third-order valence-electron chi connectivity index (χ3n) is 5.06. The summed E-state index contributed by atoms with van der Waals surface area (Å²) in [5.74, 6) is 0.157. The van der Waals surface area contributed by atoms with Crippen LogP contribution in [0.4, 0.5) is 11.4 Å². The van der Waals surface area contributed by atoms with E-state index in [2.05, 4.69) is 36.2 Å². The molecular formula is C23H28N4O5.